The summed E-state index contributed by atoms with van der Waals surface area (Å²) in [6.45, 7) is 4.00. The first-order valence-electron chi connectivity index (χ1n) is 8.72. The van der Waals surface area contributed by atoms with E-state index in [1.807, 2.05) is 38.1 Å². The van der Waals surface area contributed by atoms with Gasteiger partial charge in [0.1, 0.15) is 11.0 Å². The number of hydrogen-bond donors (Lipinski definition) is 0. The largest absolute Gasteiger partial charge is 0.241 e. The monoisotopic (exact) mass is 408 g/mol. The highest BCUT2D eigenvalue weighted by Crippen LogP contribution is 2.34. The Labute approximate surface area is 168 Å². The lowest BCUT2D eigenvalue weighted by molar-refractivity contribution is 0.633. The van der Waals surface area contributed by atoms with Gasteiger partial charge in [-0.05, 0) is 73.5 Å². The van der Waals surface area contributed by atoms with Crippen molar-refractivity contribution in [1.82, 2.24) is 9.97 Å². The number of halogens is 2. The molecule has 2 nitrogen and oxygen atoms in total. The van der Waals surface area contributed by atoms with Gasteiger partial charge in [0, 0.05) is 19.5 Å². The number of nitrogens with zero attached hydrogens (tertiary/aromatic N) is 2. The van der Waals surface area contributed by atoms with Crippen LogP contribution in [0.2, 0.25) is 0 Å². The predicted octanol–water partition coefficient (Wildman–Crippen LogP) is 7.14. The van der Waals surface area contributed by atoms with Gasteiger partial charge in [0.05, 0.1) is 11.0 Å². The number of hydrogen-bond acceptors (Lipinski definition) is 4. The van der Waals surface area contributed by atoms with Crippen molar-refractivity contribution in [3.05, 3.63) is 69.9 Å². The Morgan fingerprint density at radius 1 is 0.643 bits per heavy atom. The van der Waals surface area contributed by atoms with E-state index in [9.17, 15) is 8.78 Å². The van der Waals surface area contributed by atoms with E-state index < -0.39 is 11.6 Å². The Morgan fingerprint density at radius 3 is 1.43 bits per heavy atom. The summed E-state index contributed by atoms with van der Waals surface area (Å²) in [5.41, 5.74) is 2.47. The molecule has 5 rings (SSSR count). The van der Waals surface area contributed by atoms with Crippen molar-refractivity contribution in [1.29, 1.82) is 0 Å². The van der Waals surface area contributed by atoms with Gasteiger partial charge < -0.3 is 0 Å². The first-order valence-corrected chi connectivity index (χ1v) is 10.4. The molecule has 0 radical (unpaired) electrons. The average molecular weight is 408 g/mol. The van der Waals surface area contributed by atoms with Crippen LogP contribution in [0.25, 0.3) is 42.9 Å². The van der Waals surface area contributed by atoms with Crippen molar-refractivity contribution in [2.45, 2.75) is 13.8 Å². The van der Waals surface area contributed by atoms with Gasteiger partial charge in [0.15, 0.2) is 11.6 Å². The Balaban J connectivity index is 1.73. The molecule has 0 fully saturated rings. The van der Waals surface area contributed by atoms with Gasteiger partial charge in [-0.3, -0.25) is 0 Å². The van der Waals surface area contributed by atoms with Crippen molar-refractivity contribution >= 4 is 44.7 Å². The fourth-order valence-electron chi connectivity index (χ4n) is 3.27. The van der Waals surface area contributed by atoms with Crippen LogP contribution in [-0.2, 0) is 0 Å². The number of thiophene rings is 2. The van der Waals surface area contributed by atoms with Crippen LogP contribution in [0.1, 0.15) is 9.75 Å². The number of fused-ring (bicyclic) bond motifs is 2. The molecule has 0 aliphatic heterocycles. The van der Waals surface area contributed by atoms with Crippen LogP contribution >= 0.6 is 22.7 Å². The highest BCUT2D eigenvalue weighted by Gasteiger charge is 2.15. The lowest BCUT2D eigenvalue weighted by atomic mass is 10.1. The lowest BCUT2D eigenvalue weighted by Gasteiger charge is -2.07. The number of rotatable bonds is 2. The molecule has 28 heavy (non-hydrogen) atoms. The van der Waals surface area contributed by atoms with E-state index in [1.165, 1.54) is 12.1 Å². The van der Waals surface area contributed by atoms with E-state index in [2.05, 4.69) is 9.97 Å². The fraction of sp³-hybridized carbons (Fsp3) is 0.0909. The second kappa shape index (κ2) is 6.43. The van der Waals surface area contributed by atoms with Crippen molar-refractivity contribution in [2.24, 2.45) is 0 Å². The van der Waals surface area contributed by atoms with Crippen LogP contribution in [0.15, 0.2) is 48.5 Å². The van der Waals surface area contributed by atoms with Crippen LogP contribution in [0.5, 0.6) is 0 Å². The maximum Gasteiger partial charge on any atom is 0.151 e. The molecule has 3 aromatic heterocycles. The topological polar surface area (TPSA) is 25.8 Å². The number of aryl methyl sites for hydroxylation is 2. The minimum atomic E-state index is -0.453. The summed E-state index contributed by atoms with van der Waals surface area (Å²) in [6, 6.07) is 14.4. The minimum absolute atomic E-state index is 0.156. The molecule has 138 valence electrons. The zero-order valence-corrected chi connectivity index (χ0v) is 16.7. The lowest BCUT2D eigenvalue weighted by Crippen LogP contribution is -1.94. The summed E-state index contributed by atoms with van der Waals surface area (Å²) >= 11 is 3.16. The second-order valence-corrected chi connectivity index (χ2v) is 9.27. The molecule has 3 heterocycles. The number of aromatic nitrogens is 2. The summed E-state index contributed by atoms with van der Waals surface area (Å²) in [7, 11) is 0. The van der Waals surface area contributed by atoms with Crippen molar-refractivity contribution in [2.75, 3.05) is 0 Å². The molecule has 2 aromatic carbocycles. The third-order valence-corrected chi connectivity index (χ3v) is 6.70. The van der Waals surface area contributed by atoms with Gasteiger partial charge in [0.2, 0.25) is 0 Å². The normalized spacial score (nSPS) is 11.6. The third kappa shape index (κ3) is 2.89. The van der Waals surface area contributed by atoms with Crippen LogP contribution in [-0.4, -0.2) is 9.97 Å². The molecular weight excluding hydrogens is 394 g/mol. The second-order valence-electron chi connectivity index (χ2n) is 6.70. The first-order chi connectivity index (χ1) is 13.5. The van der Waals surface area contributed by atoms with Gasteiger partial charge >= 0.3 is 0 Å². The molecule has 0 aliphatic carbocycles. The van der Waals surface area contributed by atoms with E-state index in [4.69, 9.17) is 0 Å². The van der Waals surface area contributed by atoms with Gasteiger partial charge in [-0.1, -0.05) is 0 Å². The van der Waals surface area contributed by atoms with Crippen molar-refractivity contribution in [3.8, 4) is 20.9 Å². The summed E-state index contributed by atoms with van der Waals surface area (Å²) in [4.78, 5) is 13.0. The first kappa shape index (κ1) is 17.4. The molecule has 5 aromatic rings. The van der Waals surface area contributed by atoms with Crippen LogP contribution in [0, 0.1) is 25.5 Å². The molecule has 0 saturated heterocycles. The standard InChI is InChI=1S/C22H14F2N2S2/c1-11-3-5-19(27-11)13-7-15(23)21-17(9-13)25-22-16(24)8-14(10-18(22)26-21)20-6-4-12(2)28-20/h3-10H,1-2H3. The Kier molecular flexibility index (Phi) is 4.00. The molecule has 0 aliphatic rings. The molecule has 0 N–H and O–H groups in total. The van der Waals surface area contributed by atoms with Crippen LogP contribution in [0.4, 0.5) is 8.78 Å². The molecular formula is C22H14F2N2S2. The molecule has 0 spiro atoms. The molecule has 0 saturated carbocycles. The quantitative estimate of drug-likeness (QED) is 0.290. The molecule has 0 unspecified atom stereocenters. The van der Waals surface area contributed by atoms with E-state index in [0.29, 0.717) is 11.0 Å². The highest BCUT2D eigenvalue weighted by molar-refractivity contribution is 7.15. The zero-order chi connectivity index (χ0) is 19.4. The Hall–Kier alpha value is -2.70. The maximum absolute atomic E-state index is 14.8. The van der Waals surface area contributed by atoms with Gasteiger partial charge in [-0.15, -0.1) is 22.7 Å². The average Bonchev–Trinajstić information content (AvgIpc) is 3.29. The van der Waals surface area contributed by atoms with E-state index in [0.717, 1.165) is 30.6 Å². The minimum Gasteiger partial charge on any atom is -0.241 e. The van der Waals surface area contributed by atoms with Gasteiger partial charge in [-0.25, -0.2) is 18.7 Å². The van der Waals surface area contributed by atoms with Gasteiger partial charge in [0.25, 0.3) is 0 Å². The third-order valence-electron chi connectivity index (χ3n) is 4.60. The Morgan fingerprint density at radius 2 is 1.07 bits per heavy atom. The zero-order valence-electron chi connectivity index (χ0n) is 15.1. The maximum atomic E-state index is 14.8. The van der Waals surface area contributed by atoms with Crippen molar-refractivity contribution in [3.63, 3.8) is 0 Å². The Bertz CT molecular complexity index is 1260. The van der Waals surface area contributed by atoms with E-state index in [-0.39, 0.29) is 11.0 Å². The van der Waals surface area contributed by atoms with Crippen LogP contribution in [0.3, 0.4) is 0 Å². The van der Waals surface area contributed by atoms with E-state index >= 15 is 0 Å². The van der Waals surface area contributed by atoms with E-state index in [1.54, 1.807) is 34.8 Å². The predicted molar refractivity (Wildman–Crippen MR) is 113 cm³/mol. The molecule has 0 bridgehead atoms. The summed E-state index contributed by atoms with van der Waals surface area (Å²) < 4.78 is 29.6. The SMILES string of the molecule is Cc1ccc(-c2cc(F)c3nc4cc(-c5ccc(C)s5)cc(F)c4nc3c2)s1. The summed E-state index contributed by atoms with van der Waals surface area (Å²) in [6.07, 6.45) is 0. The highest BCUT2D eigenvalue weighted by atomic mass is 32.1. The molecule has 0 amide bonds. The number of benzene rings is 2. The fourth-order valence-corrected chi connectivity index (χ4v) is 4.98. The summed E-state index contributed by atoms with van der Waals surface area (Å²) in [5, 5.41) is 0. The molecule has 6 heteroatoms. The van der Waals surface area contributed by atoms with Crippen molar-refractivity contribution < 1.29 is 8.78 Å². The molecule has 0 atom stereocenters. The summed E-state index contributed by atoms with van der Waals surface area (Å²) in [5.74, 6) is -0.906. The smallest absolute Gasteiger partial charge is 0.151 e. The van der Waals surface area contributed by atoms with Gasteiger partial charge in [-0.2, -0.15) is 0 Å². The van der Waals surface area contributed by atoms with Crippen LogP contribution < -0.4 is 0 Å².